The monoisotopic (exact) mass is 462 g/mol. The molecule has 0 spiro atoms. The molecular weight excluding hydrogens is 436 g/mol. The first-order valence-electron chi connectivity index (χ1n) is 10.7. The van der Waals surface area contributed by atoms with Gasteiger partial charge in [-0.1, -0.05) is 73.8 Å². The molecule has 0 radical (unpaired) electrons. The maximum atomic E-state index is 13.0. The van der Waals surface area contributed by atoms with Crippen molar-refractivity contribution >= 4 is 23.7 Å². The van der Waals surface area contributed by atoms with Crippen LogP contribution in [0, 0.1) is 0 Å². The van der Waals surface area contributed by atoms with E-state index in [0.29, 0.717) is 29.0 Å². The number of benzene rings is 2. The molecule has 4 rings (SSSR count). The van der Waals surface area contributed by atoms with Gasteiger partial charge < -0.3 is 14.8 Å². The number of carbonyl (C=O) groups excluding carboxylic acids is 1. The van der Waals surface area contributed by atoms with Gasteiger partial charge in [0, 0.05) is 5.70 Å². The SMILES string of the molecule is C=CCOC(=O)C1=C(C)Nc2nc(SCC)nn2C1c1ccc(OCc2ccccc2)cc1. The summed E-state index contributed by atoms with van der Waals surface area (Å²) >= 11 is 1.55. The van der Waals surface area contributed by atoms with Crippen molar-refractivity contribution in [2.24, 2.45) is 0 Å². The van der Waals surface area contributed by atoms with E-state index in [2.05, 4.69) is 22.0 Å². The third kappa shape index (κ3) is 5.12. The van der Waals surface area contributed by atoms with Crippen molar-refractivity contribution in [3.63, 3.8) is 0 Å². The molecule has 1 N–H and O–H groups in total. The topological polar surface area (TPSA) is 78.3 Å². The molecule has 8 heteroatoms. The number of esters is 1. The predicted molar refractivity (Wildman–Crippen MR) is 129 cm³/mol. The molecule has 0 saturated heterocycles. The number of rotatable bonds is 9. The van der Waals surface area contributed by atoms with Crippen LogP contribution in [0.5, 0.6) is 5.75 Å². The number of carbonyl (C=O) groups is 1. The van der Waals surface area contributed by atoms with Crippen molar-refractivity contribution < 1.29 is 14.3 Å². The molecule has 1 unspecified atom stereocenters. The summed E-state index contributed by atoms with van der Waals surface area (Å²) in [6.07, 6.45) is 1.55. The molecule has 3 aromatic rings. The first kappa shape index (κ1) is 22.7. The summed E-state index contributed by atoms with van der Waals surface area (Å²) in [5, 5.41) is 8.51. The number of ether oxygens (including phenoxy) is 2. The molecule has 1 atom stereocenters. The van der Waals surface area contributed by atoms with Gasteiger partial charge in [0.25, 0.3) is 0 Å². The maximum Gasteiger partial charge on any atom is 0.338 e. The molecule has 1 aromatic heterocycles. The highest BCUT2D eigenvalue weighted by atomic mass is 32.2. The number of nitrogens with zero attached hydrogens (tertiary/aromatic N) is 3. The Kier molecular flexibility index (Phi) is 7.14. The fourth-order valence-corrected chi connectivity index (χ4v) is 4.15. The third-order valence-electron chi connectivity index (χ3n) is 5.10. The minimum Gasteiger partial charge on any atom is -0.489 e. The van der Waals surface area contributed by atoms with Gasteiger partial charge >= 0.3 is 5.97 Å². The molecule has 33 heavy (non-hydrogen) atoms. The lowest BCUT2D eigenvalue weighted by atomic mass is 9.96. The molecule has 0 bridgehead atoms. The summed E-state index contributed by atoms with van der Waals surface area (Å²) < 4.78 is 13.1. The molecule has 0 saturated carbocycles. The molecule has 0 aliphatic carbocycles. The lowest BCUT2D eigenvalue weighted by Crippen LogP contribution is -2.29. The Bertz CT molecular complexity index is 1160. The van der Waals surface area contributed by atoms with Gasteiger partial charge in [-0.05, 0) is 35.9 Å². The number of hydrogen-bond acceptors (Lipinski definition) is 7. The summed E-state index contributed by atoms with van der Waals surface area (Å²) in [5.41, 5.74) is 3.15. The smallest absolute Gasteiger partial charge is 0.338 e. The first-order chi connectivity index (χ1) is 16.1. The molecule has 1 aliphatic rings. The normalized spacial score (nSPS) is 14.9. The van der Waals surface area contributed by atoms with Crippen molar-refractivity contribution in [1.29, 1.82) is 0 Å². The molecule has 170 valence electrons. The summed E-state index contributed by atoms with van der Waals surface area (Å²) in [4.78, 5) is 17.5. The Hall–Kier alpha value is -3.52. The zero-order valence-corrected chi connectivity index (χ0v) is 19.5. The second kappa shape index (κ2) is 10.4. The number of aromatic nitrogens is 3. The van der Waals surface area contributed by atoms with Crippen molar-refractivity contribution in [3.05, 3.63) is 89.6 Å². The van der Waals surface area contributed by atoms with Crippen molar-refractivity contribution in [2.75, 3.05) is 17.7 Å². The maximum absolute atomic E-state index is 13.0. The minimum absolute atomic E-state index is 0.135. The van der Waals surface area contributed by atoms with E-state index in [1.165, 1.54) is 0 Å². The van der Waals surface area contributed by atoms with Gasteiger partial charge in [-0.25, -0.2) is 9.48 Å². The number of fused-ring (bicyclic) bond motifs is 1. The van der Waals surface area contributed by atoms with Crippen LogP contribution >= 0.6 is 11.8 Å². The minimum atomic E-state index is -0.472. The van der Waals surface area contributed by atoms with E-state index in [1.54, 1.807) is 22.5 Å². The molecule has 2 aromatic carbocycles. The van der Waals surface area contributed by atoms with Gasteiger partial charge in [0.15, 0.2) is 0 Å². The fraction of sp³-hybridized carbons (Fsp3) is 0.240. The van der Waals surface area contributed by atoms with Crippen molar-refractivity contribution in [1.82, 2.24) is 14.8 Å². The van der Waals surface area contributed by atoms with Crippen molar-refractivity contribution in [2.45, 2.75) is 31.7 Å². The molecule has 1 aliphatic heterocycles. The van der Waals surface area contributed by atoms with Crippen LogP contribution in [0.2, 0.25) is 0 Å². The van der Waals surface area contributed by atoms with Crippen LogP contribution in [0.4, 0.5) is 5.95 Å². The highest BCUT2D eigenvalue weighted by molar-refractivity contribution is 7.99. The van der Waals surface area contributed by atoms with Crippen LogP contribution < -0.4 is 10.1 Å². The number of anilines is 1. The number of hydrogen-bond donors (Lipinski definition) is 1. The largest absolute Gasteiger partial charge is 0.489 e. The second-order valence-electron chi connectivity index (χ2n) is 7.39. The van der Waals surface area contributed by atoms with Crippen LogP contribution in [0.3, 0.4) is 0 Å². The molecule has 2 heterocycles. The standard InChI is InChI=1S/C25H26N4O3S/c1-4-15-31-23(30)21-17(3)26-24-27-25(33-5-2)28-29(24)22(21)19-11-13-20(14-12-19)32-16-18-9-7-6-8-10-18/h4,6-14,22H,1,5,15-16H2,2-3H3,(H,26,27,28). The fourth-order valence-electron chi connectivity index (χ4n) is 3.59. The Labute approximate surface area is 197 Å². The highest BCUT2D eigenvalue weighted by Crippen LogP contribution is 2.37. The van der Waals surface area contributed by atoms with E-state index in [9.17, 15) is 4.79 Å². The lowest BCUT2D eigenvalue weighted by Gasteiger charge is -2.28. The van der Waals surface area contributed by atoms with E-state index in [-0.39, 0.29) is 6.61 Å². The van der Waals surface area contributed by atoms with E-state index in [1.807, 2.05) is 68.4 Å². The molecule has 7 nitrogen and oxygen atoms in total. The average molecular weight is 463 g/mol. The van der Waals surface area contributed by atoms with Gasteiger partial charge in [-0.15, -0.1) is 5.10 Å². The van der Waals surface area contributed by atoms with Crippen LogP contribution in [0.25, 0.3) is 0 Å². The lowest BCUT2D eigenvalue weighted by molar-refractivity contribution is -0.138. The van der Waals surface area contributed by atoms with E-state index >= 15 is 0 Å². The van der Waals surface area contributed by atoms with Gasteiger partial charge in [0.1, 0.15) is 25.0 Å². The number of nitrogens with one attached hydrogen (secondary N) is 1. The molecular formula is C25H26N4O3S. The zero-order chi connectivity index (χ0) is 23.2. The van der Waals surface area contributed by atoms with E-state index in [0.717, 1.165) is 22.6 Å². The Morgan fingerprint density at radius 1 is 1.21 bits per heavy atom. The zero-order valence-electron chi connectivity index (χ0n) is 18.7. The number of thioether (sulfide) groups is 1. The Morgan fingerprint density at radius 2 is 1.97 bits per heavy atom. The van der Waals surface area contributed by atoms with Gasteiger partial charge in [-0.3, -0.25) is 0 Å². The van der Waals surface area contributed by atoms with Gasteiger partial charge in [0.05, 0.1) is 5.57 Å². The van der Waals surface area contributed by atoms with Crippen LogP contribution in [0.15, 0.2) is 83.7 Å². The summed E-state index contributed by atoms with van der Waals surface area (Å²) in [5.74, 6) is 1.77. The first-order valence-corrected chi connectivity index (χ1v) is 11.7. The third-order valence-corrected chi connectivity index (χ3v) is 5.82. The average Bonchev–Trinajstić information content (AvgIpc) is 3.23. The molecule has 0 amide bonds. The second-order valence-corrected chi connectivity index (χ2v) is 8.62. The quantitative estimate of drug-likeness (QED) is 0.273. The van der Waals surface area contributed by atoms with Crippen LogP contribution in [-0.4, -0.2) is 33.1 Å². The van der Waals surface area contributed by atoms with Crippen molar-refractivity contribution in [3.8, 4) is 5.75 Å². The Morgan fingerprint density at radius 3 is 2.67 bits per heavy atom. The van der Waals surface area contributed by atoms with Crippen LogP contribution in [-0.2, 0) is 16.1 Å². The predicted octanol–water partition coefficient (Wildman–Crippen LogP) is 4.99. The summed E-state index contributed by atoms with van der Waals surface area (Å²) in [7, 11) is 0. The molecule has 0 fully saturated rings. The number of allylic oxidation sites excluding steroid dienone is 1. The summed E-state index contributed by atoms with van der Waals surface area (Å²) in [6.45, 7) is 8.14. The summed E-state index contributed by atoms with van der Waals surface area (Å²) in [6, 6.07) is 17.2. The van der Waals surface area contributed by atoms with E-state index in [4.69, 9.17) is 9.47 Å². The highest BCUT2D eigenvalue weighted by Gasteiger charge is 2.35. The van der Waals surface area contributed by atoms with Crippen LogP contribution in [0.1, 0.15) is 31.0 Å². The van der Waals surface area contributed by atoms with Gasteiger partial charge in [0.2, 0.25) is 11.1 Å². The van der Waals surface area contributed by atoms with Gasteiger partial charge in [-0.2, -0.15) is 4.98 Å². The Balaban J connectivity index is 1.64. The van der Waals surface area contributed by atoms with E-state index < -0.39 is 12.0 Å².